The molecule has 4 heteroatoms. The number of fused-ring (bicyclic) bond motifs is 1. The van der Waals surface area contributed by atoms with Crippen LogP contribution in [0.3, 0.4) is 0 Å². The predicted octanol–water partition coefficient (Wildman–Crippen LogP) is 3.50. The average Bonchev–Trinajstić information content (AvgIpc) is 2.35. The van der Waals surface area contributed by atoms with Crippen molar-refractivity contribution >= 4 is 27.7 Å². The highest BCUT2D eigenvalue weighted by molar-refractivity contribution is 9.10. The molecule has 15 heavy (non-hydrogen) atoms. The number of rotatable bonds is 0. The third kappa shape index (κ3) is 2.08. The maximum absolute atomic E-state index is 13.3. The highest BCUT2D eigenvalue weighted by Gasteiger charge is 2.25. The average molecular weight is 291 g/mol. The van der Waals surface area contributed by atoms with Crippen LogP contribution in [0.5, 0.6) is 0 Å². The van der Waals surface area contributed by atoms with Crippen molar-refractivity contribution in [2.75, 3.05) is 5.75 Å². The second-order valence-electron chi connectivity index (χ2n) is 3.87. The molecule has 0 fully saturated rings. The Kier molecular flexibility index (Phi) is 3.38. The van der Waals surface area contributed by atoms with Crippen molar-refractivity contribution < 1.29 is 9.50 Å². The van der Waals surface area contributed by atoms with Gasteiger partial charge in [0.05, 0.1) is 10.6 Å². The Balaban J connectivity index is 2.53. The molecule has 0 aromatic heterocycles. The van der Waals surface area contributed by atoms with E-state index in [9.17, 15) is 9.50 Å². The third-order valence-electron chi connectivity index (χ3n) is 2.72. The number of hydrogen-bond acceptors (Lipinski definition) is 2. The van der Waals surface area contributed by atoms with Crippen molar-refractivity contribution in [3.63, 3.8) is 0 Å². The normalized spacial score (nSPS) is 25.9. The fourth-order valence-corrected chi connectivity index (χ4v) is 3.65. The molecule has 1 heterocycles. The van der Waals surface area contributed by atoms with E-state index in [0.29, 0.717) is 4.47 Å². The molecule has 0 spiro atoms. The number of aliphatic hydroxyl groups excluding tert-OH is 1. The predicted molar refractivity (Wildman–Crippen MR) is 64.4 cm³/mol. The topological polar surface area (TPSA) is 20.2 Å². The van der Waals surface area contributed by atoms with Crippen LogP contribution in [0.4, 0.5) is 4.39 Å². The van der Waals surface area contributed by atoms with Crippen LogP contribution >= 0.6 is 27.7 Å². The Morgan fingerprint density at radius 1 is 1.53 bits per heavy atom. The maximum atomic E-state index is 13.3. The number of thioether (sulfide) groups is 1. The Bertz CT molecular complexity index is 383. The lowest BCUT2D eigenvalue weighted by atomic mass is 9.95. The van der Waals surface area contributed by atoms with Crippen molar-refractivity contribution in [1.29, 1.82) is 0 Å². The van der Waals surface area contributed by atoms with E-state index in [2.05, 4.69) is 15.9 Å². The molecule has 0 saturated heterocycles. The van der Waals surface area contributed by atoms with Gasteiger partial charge in [-0.1, -0.05) is 13.0 Å². The minimum Gasteiger partial charge on any atom is -0.388 e. The van der Waals surface area contributed by atoms with E-state index in [4.69, 9.17) is 0 Å². The van der Waals surface area contributed by atoms with Gasteiger partial charge in [0.25, 0.3) is 0 Å². The molecule has 0 bridgehead atoms. The van der Waals surface area contributed by atoms with Gasteiger partial charge in [-0.05, 0) is 44.8 Å². The summed E-state index contributed by atoms with van der Waals surface area (Å²) >= 11 is 4.99. The van der Waals surface area contributed by atoms with Crippen LogP contribution in [0.25, 0.3) is 0 Å². The largest absolute Gasteiger partial charge is 0.388 e. The summed E-state index contributed by atoms with van der Waals surface area (Å²) in [6, 6.07) is 3.11. The van der Waals surface area contributed by atoms with Gasteiger partial charge in [-0.25, -0.2) is 4.39 Å². The van der Waals surface area contributed by atoms with Gasteiger partial charge in [-0.2, -0.15) is 11.8 Å². The first-order valence-corrected chi connectivity index (χ1v) is 6.78. The lowest BCUT2D eigenvalue weighted by Crippen LogP contribution is -2.10. The highest BCUT2D eigenvalue weighted by Crippen LogP contribution is 2.38. The Hall–Kier alpha value is -0.0600. The van der Waals surface area contributed by atoms with Gasteiger partial charge < -0.3 is 5.11 Å². The summed E-state index contributed by atoms with van der Waals surface area (Å²) in [5.41, 5.74) is 1.76. The van der Waals surface area contributed by atoms with E-state index >= 15 is 0 Å². The monoisotopic (exact) mass is 290 g/mol. The quantitative estimate of drug-likeness (QED) is 0.789. The van der Waals surface area contributed by atoms with Crippen molar-refractivity contribution in [2.24, 2.45) is 5.92 Å². The van der Waals surface area contributed by atoms with Crippen molar-refractivity contribution in [3.8, 4) is 0 Å². The lowest BCUT2D eigenvalue weighted by Gasteiger charge is -2.17. The summed E-state index contributed by atoms with van der Waals surface area (Å²) < 4.78 is 13.8. The molecule has 0 radical (unpaired) electrons. The Morgan fingerprint density at radius 2 is 2.27 bits per heavy atom. The number of hydrogen-bond donors (Lipinski definition) is 1. The van der Waals surface area contributed by atoms with Crippen LogP contribution in [0.15, 0.2) is 16.6 Å². The zero-order valence-corrected chi connectivity index (χ0v) is 10.7. The fraction of sp³-hybridized carbons (Fsp3) is 0.455. The molecule has 1 N–H and O–H groups in total. The number of halogens is 2. The molecular formula is C11H12BrFOS. The molecule has 0 aliphatic carbocycles. The first kappa shape index (κ1) is 11.4. The summed E-state index contributed by atoms with van der Waals surface area (Å²) in [5.74, 6) is 1.63. The van der Waals surface area contributed by atoms with Crippen molar-refractivity contribution in [2.45, 2.75) is 18.8 Å². The zero-order valence-electron chi connectivity index (χ0n) is 8.34. The van der Waals surface area contributed by atoms with Gasteiger partial charge in [0.1, 0.15) is 5.82 Å². The summed E-state index contributed by atoms with van der Waals surface area (Å²) in [6.45, 7) is 2.02. The molecule has 1 aromatic rings. The van der Waals surface area contributed by atoms with Gasteiger partial charge in [-0.15, -0.1) is 0 Å². The fourth-order valence-electron chi connectivity index (χ4n) is 1.78. The molecule has 0 amide bonds. The van der Waals surface area contributed by atoms with Crippen LogP contribution in [0.2, 0.25) is 0 Å². The minimum absolute atomic E-state index is 0.216. The first-order valence-electron chi connectivity index (χ1n) is 4.84. The molecule has 2 rings (SSSR count). The van der Waals surface area contributed by atoms with Crippen LogP contribution in [0, 0.1) is 11.7 Å². The van der Waals surface area contributed by atoms with E-state index in [-0.39, 0.29) is 11.7 Å². The number of benzene rings is 1. The maximum Gasteiger partial charge on any atom is 0.137 e. The Labute approximate surface area is 101 Å². The van der Waals surface area contributed by atoms with E-state index in [1.807, 2.05) is 6.92 Å². The molecule has 82 valence electrons. The number of aliphatic hydroxyl groups is 1. The zero-order chi connectivity index (χ0) is 11.0. The minimum atomic E-state index is -0.480. The second-order valence-corrected chi connectivity index (χ2v) is 5.69. The standard InChI is InChI=1S/C11H12BrFOS/c1-6-4-15-5-8-7(11(6)14)2-3-9(13)10(8)12/h2-3,6,11,14H,4-5H2,1H3. The van der Waals surface area contributed by atoms with Crippen molar-refractivity contribution in [1.82, 2.24) is 0 Å². The first-order chi connectivity index (χ1) is 7.11. The molecule has 1 aromatic carbocycles. The van der Waals surface area contributed by atoms with Gasteiger partial charge in [0.2, 0.25) is 0 Å². The van der Waals surface area contributed by atoms with Crippen LogP contribution in [0.1, 0.15) is 24.2 Å². The molecule has 0 saturated carbocycles. The van der Waals surface area contributed by atoms with E-state index in [1.54, 1.807) is 17.8 Å². The van der Waals surface area contributed by atoms with Gasteiger partial charge >= 0.3 is 0 Å². The summed E-state index contributed by atoms with van der Waals surface area (Å²) in [7, 11) is 0. The molecular weight excluding hydrogens is 279 g/mol. The van der Waals surface area contributed by atoms with E-state index in [0.717, 1.165) is 22.6 Å². The van der Waals surface area contributed by atoms with Crippen molar-refractivity contribution in [3.05, 3.63) is 33.5 Å². The third-order valence-corrected chi connectivity index (χ3v) is 4.83. The van der Waals surface area contributed by atoms with Crippen LogP contribution in [-0.4, -0.2) is 10.9 Å². The van der Waals surface area contributed by atoms with Crippen LogP contribution < -0.4 is 0 Å². The SMILES string of the molecule is CC1CSCc2c(ccc(F)c2Br)C1O. The smallest absolute Gasteiger partial charge is 0.137 e. The summed E-state index contributed by atoms with van der Waals surface area (Å²) in [4.78, 5) is 0. The molecule has 1 nitrogen and oxygen atoms in total. The molecule has 1 aliphatic rings. The summed E-state index contributed by atoms with van der Waals surface area (Å²) in [5, 5.41) is 10.1. The second kappa shape index (κ2) is 4.44. The van der Waals surface area contributed by atoms with Crippen LogP contribution in [-0.2, 0) is 5.75 Å². The van der Waals surface area contributed by atoms with Gasteiger partial charge in [0.15, 0.2) is 0 Å². The van der Waals surface area contributed by atoms with Gasteiger partial charge in [0, 0.05) is 5.75 Å². The van der Waals surface area contributed by atoms with E-state index < -0.39 is 6.10 Å². The highest BCUT2D eigenvalue weighted by atomic mass is 79.9. The summed E-state index contributed by atoms with van der Waals surface area (Å²) in [6.07, 6.45) is -0.480. The Morgan fingerprint density at radius 3 is 3.00 bits per heavy atom. The van der Waals surface area contributed by atoms with E-state index in [1.165, 1.54) is 6.07 Å². The lowest BCUT2D eigenvalue weighted by molar-refractivity contribution is 0.129. The van der Waals surface area contributed by atoms with Gasteiger partial charge in [-0.3, -0.25) is 0 Å². The molecule has 2 atom stereocenters. The molecule has 1 aliphatic heterocycles. The molecule has 2 unspecified atom stereocenters.